The number of nitrogens with zero attached hydrogens (tertiary/aromatic N) is 2. The zero-order chi connectivity index (χ0) is 29.3. The van der Waals surface area contributed by atoms with Gasteiger partial charge in [0.1, 0.15) is 18.3 Å². The molecule has 1 atom stereocenters. The number of carbonyl (C=O) groups excluding carboxylic acids is 2. The first kappa shape index (κ1) is 31.0. The number of nitrogens with one attached hydrogen (secondary N) is 1. The van der Waals surface area contributed by atoms with Gasteiger partial charge in [-0.2, -0.15) is 0 Å². The smallest absolute Gasteiger partial charge is 0.264 e. The molecule has 0 heterocycles. The highest BCUT2D eigenvalue weighted by Crippen LogP contribution is 2.26. The fourth-order valence-corrected chi connectivity index (χ4v) is 5.62. The number of para-hydroxylation sites is 1. The van der Waals surface area contributed by atoms with Crippen LogP contribution in [0.4, 0.5) is 5.69 Å². The summed E-state index contributed by atoms with van der Waals surface area (Å²) in [4.78, 5) is 28.3. The molecule has 0 bridgehead atoms. The monoisotopic (exact) mass is 585 g/mol. The molecule has 0 saturated carbocycles. The summed E-state index contributed by atoms with van der Waals surface area (Å²) in [5, 5.41) is 3.36. The predicted octanol–water partition coefficient (Wildman–Crippen LogP) is 5.12. The normalized spacial score (nSPS) is 12.1. The molecular formula is C30H36ClN3O5S. The molecule has 3 aromatic rings. The number of hydrogen-bond donors (Lipinski definition) is 1. The molecule has 10 heteroatoms. The lowest BCUT2D eigenvalue weighted by Gasteiger charge is -2.32. The number of rotatable bonds is 13. The van der Waals surface area contributed by atoms with Crippen molar-refractivity contribution in [3.63, 3.8) is 0 Å². The molecule has 3 rings (SSSR count). The van der Waals surface area contributed by atoms with E-state index in [1.807, 2.05) is 20.8 Å². The Bertz CT molecular complexity index is 1380. The first-order valence-corrected chi connectivity index (χ1v) is 15.0. The summed E-state index contributed by atoms with van der Waals surface area (Å²) >= 11 is 6.18. The molecule has 0 unspecified atom stereocenters. The standard InChI is InChI=1S/C30H36ClN3O5S/c1-5-39-27-14-16-28(17-15-27)40(37,38)34(26-12-7-6-8-13-26)21-29(35)33(20-24-10-9-11-25(31)18-24)23(4)30(36)32-19-22(2)3/h6-18,22-23H,5,19-21H2,1-4H3,(H,32,36)/t23-/m0/s1. The quantitative estimate of drug-likeness (QED) is 0.300. The predicted molar refractivity (Wildman–Crippen MR) is 158 cm³/mol. The van der Waals surface area contributed by atoms with Gasteiger partial charge in [-0.25, -0.2) is 8.42 Å². The van der Waals surface area contributed by atoms with E-state index in [0.29, 0.717) is 35.2 Å². The van der Waals surface area contributed by atoms with Crippen LogP contribution in [0.2, 0.25) is 5.02 Å². The van der Waals surface area contributed by atoms with Gasteiger partial charge in [0.15, 0.2) is 0 Å². The van der Waals surface area contributed by atoms with Crippen molar-refractivity contribution in [2.45, 2.75) is 45.2 Å². The number of hydrogen-bond acceptors (Lipinski definition) is 5. The number of anilines is 1. The largest absolute Gasteiger partial charge is 0.494 e. The number of sulfonamides is 1. The Morgan fingerprint density at radius 3 is 2.23 bits per heavy atom. The van der Waals surface area contributed by atoms with Crippen LogP contribution in [0, 0.1) is 5.92 Å². The summed E-state index contributed by atoms with van der Waals surface area (Å²) in [7, 11) is -4.15. The van der Waals surface area contributed by atoms with E-state index in [1.165, 1.54) is 17.0 Å². The van der Waals surface area contributed by atoms with Gasteiger partial charge in [0.25, 0.3) is 10.0 Å². The van der Waals surface area contributed by atoms with Crippen LogP contribution in [-0.2, 0) is 26.2 Å². The molecular weight excluding hydrogens is 550 g/mol. The van der Waals surface area contributed by atoms with Gasteiger partial charge >= 0.3 is 0 Å². The van der Waals surface area contributed by atoms with Crippen LogP contribution >= 0.6 is 11.6 Å². The number of carbonyl (C=O) groups is 2. The van der Waals surface area contributed by atoms with Crippen molar-refractivity contribution in [1.29, 1.82) is 0 Å². The van der Waals surface area contributed by atoms with Crippen molar-refractivity contribution >= 4 is 39.1 Å². The lowest BCUT2D eigenvalue weighted by atomic mass is 10.1. The maximum absolute atomic E-state index is 13.9. The second-order valence-corrected chi connectivity index (χ2v) is 12.0. The maximum atomic E-state index is 13.9. The van der Waals surface area contributed by atoms with E-state index < -0.39 is 28.5 Å². The second-order valence-electron chi connectivity index (χ2n) is 9.72. The van der Waals surface area contributed by atoms with Crippen molar-refractivity contribution in [2.75, 3.05) is 24.0 Å². The molecule has 1 N–H and O–H groups in total. The SMILES string of the molecule is CCOc1ccc(S(=O)(=O)N(CC(=O)N(Cc2cccc(Cl)c2)[C@@H](C)C(=O)NCC(C)C)c2ccccc2)cc1. The van der Waals surface area contributed by atoms with Crippen LogP contribution in [-0.4, -0.2) is 50.9 Å². The molecule has 0 aliphatic carbocycles. The molecule has 214 valence electrons. The average Bonchev–Trinajstić information content (AvgIpc) is 2.93. The van der Waals surface area contributed by atoms with Crippen LogP contribution in [0.3, 0.4) is 0 Å². The summed E-state index contributed by atoms with van der Waals surface area (Å²) in [5.41, 5.74) is 1.04. The van der Waals surface area contributed by atoms with Gasteiger partial charge in [0.05, 0.1) is 17.2 Å². The molecule has 0 aliphatic heterocycles. The second kappa shape index (κ2) is 14.2. The number of ether oxygens (including phenoxy) is 1. The van der Waals surface area contributed by atoms with Crippen molar-refractivity contribution < 1.29 is 22.7 Å². The summed E-state index contributed by atoms with van der Waals surface area (Å²) in [6, 6.07) is 20.6. The van der Waals surface area contributed by atoms with Gasteiger partial charge < -0.3 is 15.0 Å². The topological polar surface area (TPSA) is 96.0 Å². The first-order valence-electron chi connectivity index (χ1n) is 13.1. The minimum atomic E-state index is -4.15. The number of benzene rings is 3. The molecule has 0 aromatic heterocycles. The first-order chi connectivity index (χ1) is 19.0. The van der Waals surface area contributed by atoms with E-state index in [-0.39, 0.29) is 23.3 Å². The van der Waals surface area contributed by atoms with Gasteiger partial charge in [-0.15, -0.1) is 0 Å². The third-order valence-corrected chi connectivity index (χ3v) is 8.16. The Morgan fingerprint density at radius 1 is 0.950 bits per heavy atom. The minimum Gasteiger partial charge on any atom is -0.494 e. The van der Waals surface area contributed by atoms with Crippen molar-refractivity contribution in [1.82, 2.24) is 10.2 Å². The van der Waals surface area contributed by atoms with Crippen LogP contribution in [0.5, 0.6) is 5.75 Å². The highest BCUT2D eigenvalue weighted by atomic mass is 35.5. The Morgan fingerprint density at radius 2 is 1.62 bits per heavy atom. The maximum Gasteiger partial charge on any atom is 0.264 e. The fourth-order valence-electron chi connectivity index (χ4n) is 3.99. The zero-order valence-corrected chi connectivity index (χ0v) is 24.8. The lowest BCUT2D eigenvalue weighted by molar-refractivity contribution is -0.139. The Balaban J connectivity index is 1.98. The molecule has 0 radical (unpaired) electrons. The average molecular weight is 586 g/mol. The van der Waals surface area contributed by atoms with E-state index in [9.17, 15) is 18.0 Å². The highest BCUT2D eigenvalue weighted by Gasteiger charge is 2.32. The minimum absolute atomic E-state index is 0.0109. The van der Waals surface area contributed by atoms with Gasteiger partial charge in [-0.1, -0.05) is 55.8 Å². The summed E-state index contributed by atoms with van der Waals surface area (Å²) < 4.78 is 34.2. The van der Waals surface area contributed by atoms with E-state index in [4.69, 9.17) is 16.3 Å². The molecule has 3 aromatic carbocycles. The lowest BCUT2D eigenvalue weighted by Crippen LogP contribution is -2.51. The summed E-state index contributed by atoms with van der Waals surface area (Å²) in [6.07, 6.45) is 0. The summed E-state index contributed by atoms with van der Waals surface area (Å²) in [6.45, 7) is 7.88. The van der Waals surface area contributed by atoms with E-state index in [1.54, 1.807) is 73.7 Å². The Labute approximate surface area is 241 Å². The third-order valence-electron chi connectivity index (χ3n) is 6.14. The van der Waals surface area contributed by atoms with Crippen LogP contribution in [0.1, 0.15) is 33.3 Å². The zero-order valence-electron chi connectivity index (χ0n) is 23.2. The Kier molecular flexibility index (Phi) is 11.0. The number of halogens is 1. The van der Waals surface area contributed by atoms with E-state index in [0.717, 1.165) is 4.31 Å². The molecule has 40 heavy (non-hydrogen) atoms. The summed E-state index contributed by atoms with van der Waals surface area (Å²) in [5.74, 6) is -0.103. The van der Waals surface area contributed by atoms with Crippen LogP contribution in [0.25, 0.3) is 0 Å². The van der Waals surface area contributed by atoms with Crippen molar-refractivity contribution in [3.05, 3.63) is 89.4 Å². The van der Waals surface area contributed by atoms with Crippen molar-refractivity contribution in [2.24, 2.45) is 5.92 Å². The molecule has 0 fully saturated rings. The molecule has 0 saturated heterocycles. The van der Waals surface area contributed by atoms with E-state index >= 15 is 0 Å². The number of amides is 2. The van der Waals surface area contributed by atoms with E-state index in [2.05, 4.69) is 5.32 Å². The van der Waals surface area contributed by atoms with Gasteiger partial charge in [-0.05, 0) is 73.9 Å². The van der Waals surface area contributed by atoms with Crippen LogP contribution < -0.4 is 14.4 Å². The molecule has 8 nitrogen and oxygen atoms in total. The molecule has 0 aliphatic rings. The Hall–Kier alpha value is -3.56. The fraction of sp³-hybridized carbons (Fsp3) is 0.333. The highest BCUT2D eigenvalue weighted by molar-refractivity contribution is 7.92. The molecule has 0 spiro atoms. The van der Waals surface area contributed by atoms with Gasteiger partial charge in [-0.3, -0.25) is 13.9 Å². The van der Waals surface area contributed by atoms with Gasteiger partial charge in [0, 0.05) is 18.1 Å². The van der Waals surface area contributed by atoms with Gasteiger partial charge in [0.2, 0.25) is 11.8 Å². The van der Waals surface area contributed by atoms with Crippen molar-refractivity contribution in [3.8, 4) is 5.75 Å². The molecule has 2 amide bonds. The third kappa shape index (κ3) is 8.22. The van der Waals surface area contributed by atoms with Crippen LogP contribution in [0.15, 0.2) is 83.8 Å².